The first-order valence-electron chi connectivity index (χ1n) is 6.71. The smallest absolute Gasteiger partial charge is 0.337 e. The van der Waals surface area contributed by atoms with Crippen molar-refractivity contribution in [3.8, 4) is 0 Å². The number of carbonyl (C=O) groups is 1. The van der Waals surface area contributed by atoms with Gasteiger partial charge in [0.2, 0.25) is 0 Å². The van der Waals surface area contributed by atoms with Crippen LogP contribution in [0.15, 0.2) is 12.1 Å². The molecule has 2 aromatic rings. The molecule has 108 valence electrons. The first-order chi connectivity index (χ1) is 9.12. The topological polar surface area (TPSA) is 73.3 Å². The number of benzene rings is 1. The monoisotopic (exact) mass is 275 g/mol. The van der Waals surface area contributed by atoms with Crippen molar-refractivity contribution in [2.24, 2.45) is 0 Å². The van der Waals surface area contributed by atoms with Gasteiger partial charge in [-0.05, 0) is 37.0 Å². The molecule has 0 aliphatic rings. The van der Waals surface area contributed by atoms with E-state index in [9.17, 15) is 15.0 Å². The van der Waals surface area contributed by atoms with E-state index in [2.05, 4.69) is 4.98 Å². The minimum atomic E-state index is -0.959. The Bertz CT molecular complexity index is 675. The Balaban J connectivity index is 2.90. The van der Waals surface area contributed by atoms with E-state index < -0.39 is 12.1 Å². The van der Waals surface area contributed by atoms with Crippen LogP contribution in [0.4, 0.5) is 0 Å². The third kappa shape index (κ3) is 2.31. The lowest BCUT2D eigenvalue weighted by molar-refractivity contribution is 0.0698. The van der Waals surface area contributed by atoms with Crippen molar-refractivity contribution in [2.75, 3.05) is 0 Å². The van der Waals surface area contributed by atoms with E-state index in [1.165, 1.54) is 0 Å². The van der Waals surface area contributed by atoms with E-state index >= 15 is 0 Å². The fraction of sp³-hybridized carbons (Fsp3) is 0.438. The van der Waals surface area contributed by atoms with Crippen molar-refractivity contribution in [1.29, 1.82) is 0 Å². The highest BCUT2D eigenvalue weighted by Gasteiger charge is 2.23. The van der Waals surface area contributed by atoms with Crippen LogP contribution in [-0.4, -0.2) is 21.2 Å². The zero-order valence-electron chi connectivity index (χ0n) is 12.5. The van der Waals surface area contributed by atoms with Crippen molar-refractivity contribution in [3.63, 3.8) is 0 Å². The molecule has 4 nitrogen and oxygen atoms in total. The number of aromatic nitrogens is 1. The number of rotatable bonds is 2. The zero-order chi connectivity index (χ0) is 15.2. The number of carboxylic acid groups (broad SMARTS) is 1. The van der Waals surface area contributed by atoms with E-state index in [0.29, 0.717) is 5.52 Å². The van der Waals surface area contributed by atoms with Gasteiger partial charge in [-0.25, -0.2) is 4.79 Å². The van der Waals surface area contributed by atoms with Crippen LogP contribution in [0.2, 0.25) is 0 Å². The molecule has 20 heavy (non-hydrogen) atoms. The molecule has 0 amide bonds. The summed E-state index contributed by atoms with van der Waals surface area (Å²) in [5.74, 6) is -0.959. The predicted octanol–water partition coefficient (Wildman–Crippen LogP) is 3.53. The minimum Gasteiger partial charge on any atom is -0.478 e. The fourth-order valence-corrected chi connectivity index (χ4v) is 2.59. The third-order valence-electron chi connectivity index (χ3n) is 3.66. The second-order valence-electron chi connectivity index (χ2n) is 6.34. The normalized spacial score (nSPS) is 13.7. The molecule has 4 heteroatoms. The summed E-state index contributed by atoms with van der Waals surface area (Å²) in [4.78, 5) is 14.6. The molecule has 2 rings (SSSR count). The van der Waals surface area contributed by atoms with Crippen molar-refractivity contribution in [2.45, 2.75) is 46.1 Å². The summed E-state index contributed by atoms with van der Waals surface area (Å²) in [5, 5.41) is 20.2. The van der Waals surface area contributed by atoms with Crippen LogP contribution in [0.25, 0.3) is 10.9 Å². The van der Waals surface area contributed by atoms with E-state index in [-0.39, 0.29) is 11.0 Å². The van der Waals surface area contributed by atoms with Crippen LogP contribution in [0.5, 0.6) is 0 Å². The molecule has 0 aliphatic heterocycles. The Kier molecular flexibility index (Phi) is 3.38. The molecule has 0 saturated carbocycles. The van der Waals surface area contributed by atoms with Gasteiger partial charge in [-0.15, -0.1) is 0 Å². The van der Waals surface area contributed by atoms with Crippen LogP contribution in [-0.2, 0) is 5.41 Å². The second kappa shape index (κ2) is 4.63. The quantitative estimate of drug-likeness (QED) is 0.785. The van der Waals surface area contributed by atoms with Crippen molar-refractivity contribution in [1.82, 2.24) is 4.98 Å². The lowest BCUT2D eigenvalue weighted by Crippen LogP contribution is -2.13. The molecule has 0 spiro atoms. The van der Waals surface area contributed by atoms with Crippen molar-refractivity contribution >= 4 is 16.9 Å². The zero-order valence-corrected chi connectivity index (χ0v) is 12.5. The van der Waals surface area contributed by atoms with E-state index in [1.807, 2.05) is 33.8 Å². The summed E-state index contributed by atoms with van der Waals surface area (Å²) in [6, 6.07) is 3.69. The Morgan fingerprint density at radius 3 is 2.35 bits per heavy atom. The lowest BCUT2D eigenvalue weighted by atomic mass is 9.84. The van der Waals surface area contributed by atoms with Gasteiger partial charge in [0.15, 0.2) is 0 Å². The molecule has 0 bridgehead atoms. The van der Waals surface area contributed by atoms with Gasteiger partial charge in [0.25, 0.3) is 0 Å². The Hall–Kier alpha value is -1.81. The average molecular weight is 275 g/mol. The summed E-state index contributed by atoms with van der Waals surface area (Å²) in [5.41, 5.74) is 3.21. The van der Waals surface area contributed by atoms with Gasteiger partial charge in [0.05, 0.1) is 17.2 Å². The third-order valence-corrected chi connectivity index (χ3v) is 3.66. The second-order valence-corrected chi connectivity index (χ2v) is 6.34. The Morgan fingerprint density at radius 1 is 1.30 bits per heavy atom. The number of aromatic carboxylic acids is 1. The molecule has 0 fully saturated rings. The van der Waals surface area contributed by atoms with Crippen LogP contribution in [0.3, 0.4) is 0 Å². The molecule has 1 unspecified atom stereocenters. The predicted molar refractivity (Wildman–Crippen MR) is 79.3 cm³/mol. The summed E-state index contributed by atoms with van der Waals surface area (Å²) < 4.78 is 0. The highest BCUT2D eigenvalue weighted by Crippen LogP contribution is 2.34. The Morgan fingerprint density at radius 2 is 1.90 bits per heavy atom. The number of aliphatic hydroxyl groups is 1. The molecule has 0 radical (unpaired) electrons. The van der Waals surface area contributed by atoms with E-state index in [1.54, 1.807) is 13.0 Å². The fourth-order valence-electron chi connectivity index (χ4n) is 2.59. The summed E-state index contributed by atoms with van der Waals surface area (Å²) >= 11 is 0. The molecular formula is C16H21NO3. The lowest BCUT2D eigenvalue weighted by Gasteiger charge is -2.20. The average Bonchev–Trinajstić information content (AvgIpc) is 2.61. The highest BCUT2D eigenvalue weighted by atomic mass is 16.4. The van der Waals surface area contributed by atoms with Gasteiger partial charge in [-0.3, -0.25) is 0 Å². The number of nitrogens with one attached hydrogen (secondary N) is 1. The van der Waals surface area contributed by atoms with Gasteiger partial charge in [-0.1, -0.05) is 20.8 Å². The van der Waals surface area contributed by atoms with Crippen molar-refractivity contribution in [3.05, 3.63) is 34.5 Å². The van der Waals surface area contributed by atoms with E-state index in [4.69, 9.17) is 0 Å². The molecule has 1 heterocycles. The number of hydrogen-bond donors (Lipinski definition) is 3. The van der Waals surface area contributed by atoms with Gasteiger partial charge < -0.3 is 15.2 Å². The Labute approximate surface area is 118 Å². The standard InChI is InChI=1S/C16H21NO3/c1-8-13(9(2)18)11-6-10(16(3,4)5)7-12(15(19)20)14(11)17-8/h6-7,9,17-18H,1-5H3,(H,19,20). The molecule has 1 atom stereocenters. The number of fused-ring (bicyclic) bond motifs is 1. The van der Waals surface area contributed by atoms with Gasteiger partial charge in [-0.2, -0.15) is 0 Å². The van der Waals surface area contributed by atoms with Crippen LogP contribution < -0.4 is 0 Å². The number of carboxylic acids is 1. The molecule has 0 aliphatic carbocycles. The number of aryl methyl sites for hydroxylation is 1. The highest BCUT2D eigenvalue weighted by molar-refractivity contribution is 6.04. The first-order valence-corrected chi connectivity index (χ1v) is 6.71. The van der Waals surface area contributed by atoms with Crippen LogP contribution >= 0.6 is 0 Å². The molecule has 3 N–H and O–H groups in total. The maximum absolute atomic E-state index is 11.5. The SMILES string of the molecule is Cc1[nH]c2c(C(=O)O)cc(C(C)(C)C)cc2c1C(C)O. The van der Waals surface area contributed by atoms with E-state index in [0.717, 1.165) is 22.2 Å². The summed E-state index contributed by atoms with van der Waals surface area (Å²) in [7, 11) is 0. The maximum atomic E-state index is 11.5. The molecular weight excluding hydrogens is 254 g/mol. The van der Waals surface area contributed by atoms with Crippen LogP contribution in [0, 0.1) is 6.92 Å². The summed E-state index contributed by atoms with van der Waals surface area (Å²) in [6.07, 6.45) is -0.638. The number of H-pyrrole nitrogens is 1. The molecule has 1 aromatic heterocycles. The first kappa shape index (κ1) is 14.6. The molecule has 0 saturated heterocycles. The number of aliphatic hydroxyl groups excluding tert-OH is 1. The maximum Gasteiger partial charge on any atom is 0.337 e. The van der Waals surface area contributed by atoms with Crippen LogP contribution in [0.1, 0.15) is 61.0 Å². The molecule has 1 aromatic carbocycles. The van der Waals surface area contributed by atoms with Crippen molar-refractivity contribution < 1.29 is 15.0 Å². The van der Waals surface area contributed by atoms with Gasteiger partial charge in [0, 0.05) is 16.6 Å². The number of hydrogen-bond acceptors (Lipinski definition) is 2. The summed E-state index contributed by atoms with van der Waals surface area (Å²) in [6.45, 7) is 9.67. The largest absolute Gasteiger partial charge is 0.478 e. The van der Waals surface area contributed by atoms with Gasteiger partial charge in [0.1, 0.15) is 0 Å². The minimum absolute atomic E-state index is 0.153. The van der Waals surface area contributed by atoms with Gasteiger partial charge >= 0.3 is 5.97 Å². The number of aromatic amines is 1.